The van der Waals surface area contributed by atoms with Crippen molar-refractivity contribution in [3.05, 3.63) is 30.3 Å². The molecule has 5 fully saturated rings. The Labute approximate surface area is 444 Å². The summed E-state index contributed by atoms with van der Waals surface area (Å²) in [5, 5.41) is 133. The van der Waals surface area contributed by atoms with E-state index in [1.165, 1.54) is 6.92 Å². The summed E-state index contributed by atoms with van der Waals surface area (Å²) in [6.45, 7) is 2.20. The molecule has 30 nitrogen and oxygen atoms in total. The molecule has 0 saturated carbocycles. The van der Waals surface area contributed by atoms with Gasteiger partial charge in [0.25, 0.3) is 0 Å². The van der Waals surface area contributed by atoms with E-state index in [-0.39, 0.29) is 0 Å². The van der Waals surface area contributed by atoms with E-state index >= 15 is 0 Å². The van der Waals surface area contributed by atoms with Crippen LogP contribution in [0, 0.1) is 0 Å². The summed E-state index contributed by atoms with van der Waals surface area (Å²) in [5.41, 5.74) is -0.969. The molecule has 0 radical (unpaired) electrons. The zero-order chi connectivity index (χ0) is 56.6. The summed E-state index contributed by atoms with van der Waals surface area (Å²) in [4.78, 5) is 61.8. The Bertz CT molecular complexity index is 2110. The number of ether oxygens (including phenoxy) is 9. The predicted octanol–water partition coefficient (Wildman–Crippen LogP) is -8.41. The molecule has 0 aromatic heterocycles. The Morgan fingerprint density at radius 3 is 0.961 bits per heavy atom. The number of aliphatic hydroxyl groups is 11. The lowest BCUT2D eigenvalue weighted by atomic mass is 9.95. The lowest BCUT2D eigenvalue weighted by Gasteiger charge is -2.46. The zero-order valence-corrected chi connectivity index (χ0v) is 43.2. The van der Waals surface area contributed by atoms with Crippen molar-refractivity contribution in [3.63, 3.8) is 0 Å². The number of thioether (sulfide) groups is 1. The maximum atomic E-state index is 12.4. The van der Waals surface area contributed by atoms with Crippen molar-refractivity contribution in [2.45, 2.75) is 192 Å². The molecule has 31 heteroatoms. The fourth-order valence-corrected chi connectivity index (χ4v) is 10.5. The van der Waals surface area contributed by atoms with Gasteiger partial charge in [-0.2, -0.15) is 0 Å². The molecule has 0 unspecified atom stereocenters. The van der Waals surface area contributed by atoms with Crippen LogP contribution in [0.3, 0.4) is 0 Å². The minimum Gasteiger partial charge on any atom is -0.394 e. The minimum atomic E-state index is -1.88. The molecule has 77 heavy (non-hydrogen) atoms. The van der Waals surface area contributed by atoms with E-state index in [4.69, 9.17) is 42.6 Å². The highest BCUT2D eigenvalue weighted by atomic mass is 32.2. The fraction of sp³-hybridized carbons (Fsp3) is 0.761. The first-order valence-corrected chi connectivity index (χ1v) is 25.5. The minimum absolute atomic E-state index is 0.508. The predicted molar refractivity (Wildman–Crippen MR) is 255 cm³/mol. The molecular weight excluding hydrogens is 1050 g/mol. The van der Waals surface area contributed by atoms with Crippen molar-refractivity contribution in [3.8, 4) is 0 Å². The summed E-state index contributed by atoms with van der Waals surface area (Å²) in [7, 11) is 0. The smallest absolute Gasteiger partial charge is 0.217 e. The Morgan fingerprint density at radius 1 is 0.403 bits per heavy atom. The zero-order valence-electron chi connectivity index (χ0n) is 42.4. The Hall–Kier alpha value is -3.88. The van der Waals surface area contributed by atoms with E-state index in [1.54, 1.807) is 30.3 Å². The standard InChI is InChI=1S/C46H71N5O25S/c1-16(53)47-27-37(63)32(58)22(11-52)72-42(27)68-12-23-33(59)38(64)28(48-17(2)54)43(73-23)69-13-24-34(60)39(65)29(49-18(3)55)44(74-24)70-14-25-35(61)40(66)30(50-19(4)56)45(75-25)71-15-26-36(62)41(67)31(51-20(5)57)46(76-26)77-21-9-7-6-8-10-21/h6-10,22-46,52,58-67H,11-15H2,1-5H3,(H,47,53)(H,48,54)(H,49,55)(H,50,56)(H,51,57)/t22-,23-,24-,25-,26-,27-,28-,29-,30-,31-,32-,33-,34-,35-,36-,37-,38-,39-,40-,41-,42-,43-,44-,45-,46+/m1/s1. The average Bonchev–Trinajstić information content (AvgIpc) is 3.37. The highest BCUT2D eigenvalue weighted by Gasteiger charge is 2.53. The van der Waals surface area contributed by atoms with Crippen LogP contribution in [0.1, 0.15) is 34.6 Å². The third-order valence-electron chi connectivity index (χ3n) is 13.2. The Kier molecular flexibility index (Phi) is 22.7. The maximum Gasteiger partial charge on any atom is 0.217 e. The highest BCUT2D eigenvalue weighted by Crippen LogP contribution is 2.35. The molecule has 0 spiro atoms. The molecule has 5 heterocycles. The van der Waals surface area contributed by atoms with Crippen molar-refractivity contribution < 1.29 is 123 Å². The van der Waals surface area contributed by atoms with E-state index in [0.29, 0.717) is 4.90 Å². The quantitative estimate of drug-likeness (QED) is 0.0576. The number of carbonyl (C=O) groups is 5. The largest absolute Gasteiger partial charge is 0.394 e. The number of rotatable bonds is 20. The third kappa shape index (κ3) is 15.7. The molecular formula is C46H71N5O25S. The SMILES string of the molecule is CC(=O)N[C@@H]1[C@@H](O)[C@H](O)[C@@H](CO[C@@H]2O[C@H](CO[C@@H]3O[C@H](CO[C@@H]4O[C@H](CO[C@@H]5O[C@H](CO)[C@@H](O)[C@H](O)[C@H]5NC(C)=O)[C@@H](O)[C@H](O)[C@H]4NC(C)=O)[C@@H](O)[C@H](O)[C@H]3NC(C)=O)[C@@H](O)[C@H](O)[C@H]2NC(C)=O)O[C@H]1Sc1ccccc1. The third-order valence-corrected chi connectivity index (χ3v) is 14.4. The van der Waals surface area contributed by atoms with Gasteiger partial charge in [0.15, 0.2) is 25.2 Å². The van der Waals surface area contributed by atoms with Crippen LogP contribution in [0.25, 0.3) is 0 Å². The van der Waals surface area contributed by atoms with Gasteiger partial charge in [-0.3, -0.25) is 24.0 Å². The topological polar surface area (TPSA) is 451 Å². The first-order valence-electron chi connectivity index (χ1n) is 24.6. The molecule has 5 amide bonds. The van der Waals surface area contributed by atoms with Crippen LogP contribution in [-0.4, -0.2) is 271 Å². The molecule has 1 aromatic carbocycles. The van der Waals surface area contributed by atoms with E-state index < -0.39 is 215 Å². The number of aliphatic hydroxyl groups excluding tert-OH is 11. The van der Waals surface area contributed by atoms with Crippen LogP contribution in [0.4, 0.5) is 0 Å². The van der Waals surface area contributed by atoms with Crippen molar-refractivity contribution >= 4 is 41.3 Å². The molecule has 0 aliphatic carbocycles. The normalized spacial score (nSPS) is 41.4. The molecule has 5 aliphatic rings. The number of amides is 5. The number of hydrogen-bond acceptors (Lipinski definition) is 26. The summed E-state index contributed by atoms with van der Waals surface area (Å²) < 4.78 is 53.3. The van der Waals surface area contributed by atoms with Crippen LogP contribution in [0.2, 0.25) is 0 Å². The first-order chi connectivity index (χ1) is 36.4. The highest BCUT2D eigenvalue weighted by molar-refractivity contribution is 7.99. The lowest BCUT2D eigenvalue weighted by molar-refractivity contribution is -0.323. The number of benzene rings is 1. The molecule has 436 valence electrons. The van der Waals surface area contributed by atoms with Gasteiger partial charge in [0.1, 0.15) is 121 Å². The van der Waals surface area contributed by atoms with Crippen LogP contribution < -0.4 is 26.6 Å². The summed E-state index contributed by atoms with van der Waals surface area (Å²) in [5.74, 6) is -3.27. The fourth-order valence-electron chi connectivity index (χ4n) is 9.36. The number of carbonyl (C=O) groups excluding carboxylic acids is 5. The summed E-state index contributed by atoms with van der Waals surface area (Å²) >= 11 is 1.14. The average molecular weight is 1130 g/mol. The second kappa shape index (κ2) is 28.0. The van der Waals surface area contributed by atoms with E-state index in [1.807, 2.05) is 0 Å². The maximum absolute atomic E-state index is 12.4. The van der Waals surface area contributed by atoms with Crippen LogP contribution >= 0.6 is 11.8 Å². The van der Waals surface area contributed by atoms with Crippen molar-refractivity contribution in [2.75, 3.05) is 33.0 Å². The van der Waals surface area contributed by atoms with Gasteiger partial charge in [-0.1, -0.05) is 30.0 Å². The number of nitrogens with one attached hydrogen (secondary N) is 5. The molecule has 16 N–H and O–H groups in total. The van der Waals surface area contributed by atoms with Crippen molar-refractivity contribution in [1.82, 2.24) is 26.6 Å². The van der Waals surface area contributed by atoms with E-state index in [0.717, 1.165) is 39.5 Å². The Balaban J connectivity index is 1.15. The monoisotopic (exact) mass is 1130 g/mol. The van der Waals surface area contributed by atoms with Gasteiger partial charge in [-0.15, -0.1) is 0 Å². The second-order valence-electron chi connectivity index (χ2n) is 19.2. The van der Waals surface area contributed by atoms with E-state index in [9.17, 15) is 80.1 Å². The second-order valence-corrected chi connectivity index (χ2v) is 20.4. The molecule has 6 rings (SSSR count). The van der Waals surface area contributed by atoms with Gasteiger partial charge in [-0.25, -0.2) is 0 Å². The van der Waals surface area contributed by atoms with Crippen LogP contribution in [0.15, 0.2) is 35.2 Å². The molecule has 0 bridgehead atoms. The molecule has 1 aromatic rings. The van der Waals surface area contributed by atoms with Crippen molar-refractivity contribution in [1.29, 1.82) is 0 Å². The van der Waals surface area contributed by atoms with Gasteiger partial charge < -0.3 is 125 Å². The van der Waals surface area contributed by atoms with E-state index in [2.05, 4.69) is 26.6 Å². The summed E-state index contributed by atoms with van der Waals surface area (Å²) in [6.07, 6.45) is -31.6. The van der Waals surface area contributed by atoms with Gasteiger partial charge in [0.2, 0.25) is 29.5 Å². The van der Waals surface area contributed by atoms with Gasteiger partial charge in [0.05, 0.1) is 39.1 Å². The lowest BCUT2D eigenvalue weighted by Crippen LogP contribution is -2.68. The van der Waals surface area contributed by atoms with Gasteiger partial charge >= 0.3 is 0 Å². The molecule has 25 atom stereocenters. The Morgan fingerprint density at radius 2 is 0.662 bits per heavy atom. The van der Waals surface area contributed by atoms with Crippen LogP contribution in [0.5, 0.6) is 0 Å². The molecule has 5 aliphatic heterocycles. The first kappa shape index (κ1) is 62.3. The van der Waals surface area contributed by atoms with Crippen LogP contribution in [-0.2, 0) is 66.6 Å². The van der Waals surface area contributed by atoms with Gasteiger partial charge in [-0.05, 0) is 12.1 Å². The molecule has 5 saturated heterocycles. The van der Waals surface area contributed by atoms with Gasteiger partial charge in [0, 0.05) is 39.5 Å². The van der Waals surface area contributed by atoms with Crippen molar-refractivity contribution in [2.24, 2.45) is 0 Å². The number of hydrogen-bond donors (Lipinski definition) is 16. The summed E-state index contributed by atoms with van der Waals surface area (Å²) in [6, 6.07) is 1.86.